The molecule has 35 heavy (non-hydrogen) atoms. The van der Waals surface area contributed by atoms with Crippen LogP contribution in [0.4, 0.5) is 5.69 Å². The van der Waals surface area contributed by atoms with E-state index in [1.165, 1.54) is 5.56 Å². The van der Waals surface area contributed by atoms with Gasteiger partial charge in [0.2, 0.25) is 23.5 Å². The second-order valence-corrected chi connectivity index (χ2v) is 10.1. The van der Waals surface area contributed by atoms with Crippen LogP contribution in [0.5, 0.6) is 0 Å². The van der Waals surface area contributed by atoms with E-state index < -0.39 is 0 Å². The number of hydrogen-bond acceptors (Lipinski definition) is 5. The highest BCUT2D eigenvalue weighted by Crippen LogP contribution is 2.30. The SMILES string of the molecule is Cc1ccc(N2C[C@H](C(=O)N3CCC(Cc4nc(-c5ccc(Cl)cc5)no4)CC3)CC2=O)cc1C. The smallest absolute Gasteiger partial charge is 0.228 e. The number of halogens is 1. The lowest BCUT2D eigenvalue weighted by atomic mass is 9.92. The van der Waals surface area contributed by atoms with Crippen LogP contribution in [-0.2, 0) is 16.0 Å². The van der Waals surface area contributed by atoms with E-state index >= 15 is 0 Å². The minimum absolute atomic E-state index is 0.0226. The molecule has 7 nitrogen and oxygen atoms in total. The monoisotopic (exact) mass is 492 g/mol. The molecule has 2 amide bonds. The van der Waals surface area contributed by atoms with Gasteiger partial charge in [0.05, 0.1) is 5.92 Å². The van der Waals surface area contributed by atoms with Crippen molar-refractivity contribution in [3.8, 4) is 11.4 Å². The fourth-order valence-corrected chi connectivity index (χ4v) is 5.06. The maximum absolute atomic E-state index is 13.2. The number of benzene rings is 2. The van der Waals surface area contributed by atoms with Crippen molar-refractivity contribution in [2.75, 3.05) is 24.5 Å². The first-order valence-electron chi connectivity index (χ1n) is 12.1. The highest BCUT2D eigenvalue weighted by molar-refractivity contribution is 6.30. The first kappa shape index (κ1) is 23.5. The third kappa shape index (κ3) is 5.10. The van der Waals surface area contributed by atoms with E-state index in [0.29, 0.717) is 48.7 Å². The minimum Gasteiger partial charge on any atom is -0.342 e. The van der Waals surface area contributed by atoms with Gasteiger partial charge in [0.15, 0.2) is 0 Å². The second kappa shape index (κ2) is 9.82. The van der Waals surface area contributed by atoms with Gasteiger partial charge in [-0.2, -0.15) is 4.98 Å². The average molecular weight is 493 g/mol. The van der Waals surface area contributed by atoms with Gasteiger partial charge >= 0.3 is 0 Å². The van der Waals surface area contributed by atoms with Crippen molar-refractivity contribution in [2.45, 2.75) is 39.5 Å². The molecule has 0 spiro atoms. The summed E-state index contributed by atoms with van der Waals surface area (Å²) in [6, 6.07) is 13.4. The third-order valence-corrected chi connectivity index (χ3v) is 7.49. The van der Waals surface area contributed by atoms with Crippen LogP contribution in [0.2, 0.25) is 5.02 Å². The Hall–Kier alpha value is -3.19. The molecule has 2 aromatic carbocycles. The molecule has 182 valence electrons. The molecule has 0 saturated carbocycles. The summed E-state index contributed by atoms with van der Waals surface area (Å²) in [5, 5.41) is 4.76. The van der Waals surface area contributed by atoms with Gasteiger partial charge in [-0.05, 0) is 80.1 Å². The first-order valence-corrected chi connectivity index (χ1v) is 12.5. The third-order valence-electron chi connectivity index (χ3n) is 7.24. The number of nitrogens with zero attached hydrogens (tertiary/aromatic N) is 4. The lowest BCUT2D eigenvalue weighted by Gasteiger charge is -2.33. The van der Waals surface area contributed by atoms with Gasteiger partial charge in [0.1, 0.15) is 0 Å². The molecule has 2 fully saturated rings. The maximum atomic E-state index is 13.2. The zero-order valence-corrected chi connectivity index (χ0v) is 20.8. The largest absolute Gasteiger partial charge is 0.342 e. The maximum Gasteiger partial charge on any atom is 0.228 e. The van der Waals surface area contributed by atoms with Crippen molar-refractivity contribution >= 4 is 29.1 Å². The minimum atomic E-state index is -0.279. The number of anilines is 1. The summed E-state index contributed by atoms with van der Waals surface area (Å²) in [5.41, 5.74) is 4.08. The Morgan fingerprint density at radius 3 is 2.54 bits per heavy atom. The van der Waals surface area contributed by atoms with Gasteiger partial charge in [-0.1, -0.05) is 22.8 Å². The Labute approximate surface area is 210 Å². The predicted octanol–water partition coefficient (Wildman–Crippen LogP) is 4.84. The Kier molecular flexibility index (Phi) is 6.60. The molecule has 1 atom stereocenters. The number of piperidine rings is 1. The highest BCUT2D eigenvalue weighted by atomic mass is 35.5. The number of hydrogen-bond donors (Lipinski definition) is 0. The Balaban J connectivity index is 1.14. The van der Waals surface area contributed by atoms with Crippen molar-refractivity contribution in [3.63, 3.8) is 0 Å². The number of aromatic nitrogens is 2. The van der Waals surface area contributed by atoms with Crippen molar-refractivity contribution < 1.29 is 14.1 Å². The van der Waals surface area contributed by atoms with Crippen LogP contribution in [0, 0.1) is 25.7 Å². The Morgan fingerprint density at radius 1 is 1.09 bits per heavy atom. The number of carbonyl (C=O) groups is 2. The van der Waals surface area contributed by atoms with E-state index in [2.05, 4.69) is 17.1 Å². The normalized spacial score (nSPS) is 18.9. The molecule has 8 heteroatoms. The fourth-order valence-electron chi connectivity index (χ4n) is 4.93. The summed E-state index contributed by atoms with van der Waals surface area (Å²) in [5.74, 6) is 1.39. The van der Waals surface area contributed by atoms with Crippen molar-refractivity contribution in [1.29, 1.82) is 0 Å². The van der Waals surface area contributed by atoms with Crippen LogP contribution in [-0.4, -0.2) is 46.5 Å². The lowest BCUT2D eigenvalue weighted by molar-refractivity contribution is -0.137. The Bertz CT molecular complexity index is 1230. The van der Waals surface area contributed by atoms with Crippen molar-refractivity contribution in [3.05, 3.63) is 64.5 Å². The standard InChI is InChI=1S/C27H29ClN4O3/c1-17-3-8-23(13-18(17)2)32-16-21(15-25(32)33)27(34)31-11-9-19(10-12-31)14-24-29-26(30-35-24)20-4-6-22(28)7-5-20/h3-8,13,19,21H,9-12,14-16H2,1-2H3/t21-/m1/s1. The van der Waals surface area contributed by atoms with Gasteiger partial charge < -0.3 is 14.3 Å². The van der Waals surface area contributed by atoms with Gasteiger partial charge in [0, 0.05) is 48.7 Å². The van der Waals surface area contributed by atoms with Gasteiger partial charge in [-0.25, -0.2) is 0 Å². The quantitative estimate of drug-likeness (QED) is 0.509. The van der Waals surface area contributed by atoms with Crippen LogP contribution in [0.1, 0.15) is 36.3 Å². The molecular weight excluding hydrogens is 464 g/mol. The number of carbonyl (C=O) groups excluding carboxylic acids is 2. The van der Waals surface area contributed by atoms with Crippen molar-refractivity contribution in [2.24, 2.45) is 11.8 Å². The van der Waals surface area contributed by atoms with E-state index in [9.17, 15) is 9.59 Å². The van der Waals surface area contributed by atoms with Crippen LogP contribution < -0.4 is 4.90 Å². The molecule has 0 aliphatic carbocycles. The molecule has 2 saturated heterocycles. The molecule has 0 bridgehead atoms. The molecular formula is C27H29ClN4O3. The highest BCUT2D eigenvalue weighted by Gasteiger charge is 2.38. The zero-order chi connectivity index (χ0) is 24.5. The van der Waals surface area contributed by atoms with Gasteiger partial charge in [-0.3, -0.25) is 9.59 Å². The second-order valence-electron chi connectivity index (χ2n) is 9.67. The molecule has 5 rings (SSSR count). The molecule has 0 unspecified atom stereocenters. The summed E-state index contributed by atoms with van der Waals surface area (Å²) in [6.07, 6.45) is 2.74. The summed E-state index contributed by atoms with van der Waals surface area (Å²) in [6.45, 7) is 5.93. The van der Waals surface area contributed by atoms with Crippen LogP contribution >= 0.6 is 11.6 Å². The number of amides is 2. The number of rotatable bonds is 5. The molecule has 1 aromatic heterocycles. The van der Waals surface area contributed by atoms with E-state index in [1.54, 1.807) is 17.0 Å². The topological polar surface area (TPSA) is 79.5 Å². The number of likely N-dealkylation sites (tertiary alicyclic amines) is 1. The van der Waals surface area contributed by atoms with Crippen molar-refractivity contribution in [1.82, 2.24) is 15.0 Å². The summed E-state index contributed by atoms with van der Waals surface area (Å²) >= 11 is 5.95. The van der Waals surface area contributed by atoms with E-state index in [0.717, 1.165) is 29.7 Å². The van der Waals surface area contributed by atoms with Crippen LogP contribution in [0.15, 0.2) is 47.0 Å². The average Bonchev–Trinajstić information content (AvgIpc) is 3.48. The fraction of sp³-hybridized carbons (Fsp3) is 0.407. The van der Waals surface area contributed by atoms with E-state index in [-0.39, 0.29) is 24.2 Å². The molecule has 2 aliphatic heterocycles. The van der Waals surface area contributed by atoms with Gasteiger partial charge in [0.25, 0.3) is 0 Å². The first-order chi connectivity index (χ1) is 16.9. The molecule has 0 N–H and O–H groups in total. The summed E-state index contributed by atoms with van der Waals surface area (Å²) in [7, 11) is 0. The number of aryl methyl sites for hydroxylation is 2. The molecule has 0 radical (unpaired) electrons. The molecule has 2 aliphatic rings. The predicted molar refractivity (Wildman–Crippen MR) is 134 cm³/mol. The zero-order valence-electron chi connectivity index (χ0n) is 20.0. The van der Waals surface area contributed by atoms with E-state index in [1.807, 2.05) is 42.2 Å². The molecule has 3 heterocycles. The van der Waals surface area contributed by atoms with E-state index in [4.69, 9.17) is 16.1 Å². The summed E-state index contributed by atoms with van der Waals surface area (Å²) < 4.78 is 5.47. The lowest BCUT2D eigenvalue weighted by Crippen LogP contribution is -2.42. The van der Waals surface area contributed by atoms with Crippen LogP contribution in [0.3, 0.4) is 0 Å². The summed E-state index contributed by atoms with van der Waals surface area (Å²) in [4.78, 5) is 34.1. The molecule has 3 aromatic rings. The van der Waals surface area contributed by atoms with Crippen LogP contribution in [0.25, 0.3) is 11.4 Å². The Morgan fingerprint density at radius 2 is 1.83 bits per heavy atom. The van der Waals surface area contributed by atoms with Gasteiger partial charge in [-0.15, -0.1) is 0 Å².